The summed E-state index contributed by atoms with van der Waals surface area (Å²) in [6.07, 6.45) is 4.03. The van der Waals surface area contributed by atoms with Gasteiger partial charge in [-0.2, -0.15) is 5.26 Å². The molecule has 0 bridgehead atoms. The van der Waals surface area contributed by atoms with Gasteiger partial charge in [-0.25, -0.2) is 4.39 Å². The Kier molecular flexibility index (Phi) is 4.16. The number of benzene rings is 1. The highest BCUT2D eigenvalue weighted by Gasteiger charge is 2.22. The van der Waals surface area contributed by atoms with Gasteiger partial charge in [0.25, 0.3) is 0 Å². The molecule has 1 aliphatic rings. The molecule has 1 saturated carbocycles. The van der Waals surface area contributed by atoms with Crippen molar-refractivity contribution in [2.24, 2.45) is 5.92 Å². The van der Waals surface area contributed by atoms with Crippen LogP contribution in [0.25, 0.3) is 0 Å². The summed E-state index contributed by atoms with van der Waals surface area (Å²) in [5.74, 6) is -0.119. The third kappa shape index (κ3) is 2.99. The average molecular weight is 248 g/mol. The molecule has 3 nitrogen and oxygen atoms in total. The summed E-state index contributed by atoms with van der Waals surface area (Å²) >= 11 is 0. The second-order valence-electron chi connectivity index (χ2n) is 4.80. The molecule has 0 radical (unpaired) electrons. The summed E-state index contributed by atoms with van der Waals surface area (Å²) in [4.78, 5) is 0. The standard InChI is InChI=1S/C14H17FN2O/c15-12-7-10(8-16)5-6-13(12)17-9-14(18)11-3-1-2-4-11/h5-7,11,14,17-18H,1-4,9H2. The van der Waals surface area contributed by atoms with E-state index in [-0.39, 0.29) is 0 Å². The fourth-order valence-corrected chi connectivity index (χ4v) is 2.45. The van der Waals surface area contributed by atoms with Crippen LogP contribution in [0.1, 0.15) is 31.2 Å². The van der Waals surface area contributed by atoms with Crippen LogP contribution in [0.15, 0.2) is 18.2 Å². The van der Waals surface area contributed by atoms with E-state index in [1.54, 1.807) is 6.07 Å². The van der Waals surface area contributed by atoms with E-state index < -0.39 is 11.9 Å². The second kappa shape index (κ2) is 5.83. The summed E-state index contributed by atoms with van der Waals surface area (Å²) in [5.41, 5.74) is 0.639. The van der Waals surface area contributed by atoms with Crippen LogP contribution in [0.2, 0.25) is 0 Å². The zero-order valence-electron chi connectivity index (χ0n) is 10.2. The van der Waals surface area contributed by atoms with Crippen LogP contribution in [0.5, 0.6) is 0 Å². The Morgan fingerprint density at radius 1 is 1.44 bits per heavy atom. The molecule has 2 N–H and O–H groups in total. The first-order valence-corrected chi connectivity index (χ1v) is 6.32. The Hall–Kier alpha value is -1.60. The third-order valence-electron chi connectivity index (χ3n) is 3.54. The monoisotopic (exact) mass is 248 g/mol. The molecule has 4 heteroatoms. The van der Waals surface area contributed by atoms with Crippen molar-refractivity contribution >= 4 is 5.69 Å². The minimum atomic E-state index is -0.451. The normalized spacial score (nSPS) is 17.4. The number of nitriles is 1. The second-order valence-corrected chi connectivity index (χ2v) is 4.80. The number of anilines is 1. The lowest BCUT2D eigenvalue weighted by Gasteiger charge is -2.18. The van der Waals surface area contributed by atoms with Crippen LogP contribution in [-0.2, 0) is 0 Å². The summed E-state index contributed by atoms with van der Waals surface area (Å²) in [5, 5.41) is 21.5. The number of hydrogen-bond donors (Lipinski definition) is 2. The van der Waals surface area contributed by atoms with Gasteiger partial charge in [-0.3, -0.25) is 0 Å². The molecule has 1 aromatic rings. The quantitative estimate of drug-likeness (QED) is 0.861. The Balaban J connectivity index is 1.91. The van der Waals surface area contributed by atoms with Crippen LogP contribution in [-0.4, -0.2) is 17.8 Å². The van der Waals surface area contributed by atoms with Crippen molar-refractivity contribution in [3.8, 4) is 6.07 Å². The van der Waals surface area contributed by atoms with Crippen molar-refractivity contribution in [2.75, 3.05) is 11.9 Å². The molecule has 0 saturated heterocycles. The lowest BCUT2D eigenvalue weighted by atomic mass is 10.0. The van der Waals surface area contributed by atoms with Gasteiger partial charge in [0, 0.05) is 6.54 Å². The summed E-state index contributed by atoms with van der Waals surface area (Å²) in [6.45, 7) is 0.355. The number of rotatable bonds is 4. The van der Waals surface area contributed by atoms with Gasteiger partial charge in [0.2, 0.25) is 0 Å². The first-order valence-electron chi connectivity index (χ1n) is 6.32. The molecular weight excluding hydrogens is 231 g/mol. The maximum atomic E-state index is 13.6. The molecular formula is C14H17FN2O. The highest BCUT2D eigenvalue weighted by Crippen LogP contribution is 2.28. The number of nitrogens with zero attached hydrogens (tertiary/aromatic N) is 1. The Morgan fingerprint density at radius 2 is 2.17 bits per heavy atom. The molecule has 0 spiro atoms. The lowest BCUT2D eigenvalue weighted by Crippen LogP contribution is -2.26. The highest BCUT2D eigenvalue weighted by atomic mass is 19.1. The Morgan fingerprint density at radius 3 is 2.78 bits per heavy atom. The number of aliphatic hydroxyl groups excluding tert-OH is 1. The SMILES string of the molecule is N#Cc1ccc(NCC(O)C2CCCC2)c(F)c1. The largest absolute Gasteiger partial charge is 0.391 e. The topological polar surface area (TPSA) is 56.0 Å². The number of nitrogens with one attached hydrogen (secondary N) is 1. The lowest BCUT2D eigenvalue weighted by molar-refractivity contribution is 0.123. The van der Waals surface area contributed by atoms with Crippen LogP contribution in [0.3, 0.4) is 0 Å². The molecule has 1 aliphatic carbocycles. The van der Waals surface area contributed by atoms with E-state index in [2.05, 4.69) is 5.32 Å². The van der Waals surface area contributed by atoms with Gasteiger partial charge in [0.05, 0.1) is 23.4 Å². The third-order valence-corrected chi connectivity index (χ3v) is 3.54. The van der Waals surface area contributed by atoms with Gasteiger partial charge in [0.1, 0.15) is 5.82 Å². The molecule has 1 aromatic carbocycles. The van der Waals surface area contributed by atoms with E-state index in [0.29, 0.717) is 23.7 Å². The molecule has 0 amide bonds. The van der Waals surface area contributed by atoms with Crippen molar-refractivity contribution in [2.45, 2.75) is 31.8 Å². The fourth-order valence-electron chi connectivity index (χ4n) is 2.45. The molecule has 1 unspecified atom stereocenters. The van der Waals surface area contributed by atoms with Crippen LogP contribution in [0.4, 0.5) is 10.1 Å². The zero-order valence-corrected chi connectivity index (χ0v) is 10.2. The van der Waals surface area contributed by atoms with E-state index in [0.717, 1.165) is 12.8 Å². The molecule has 2 rings (SSSR count). The van der Waals surface area contributed by atoms with Crippen molar-refractivity contribution in [3.63, 3.8) is 0 Å². The molecule has 18 heavy (non-hydrogen) atoms. The van der Waals surface area contributed by atoms with Gasteiger partial charge >= 0.3 is 0 Å². The Bertz CT molecular complexity index is 450. The van der Waals surface area contributed by atoms with Gasteiger partial charge in [-0.15, -0.1) is 0 Å². The fraction of sp³-hybridized carbons (Fsp3) is 0.500. The van der Waals surface area contributed by atoms with Crippen LogP contribution >= 0.6 is 0 Å². The highest BCUT2D eigenvalue weighted by molar-refractivity contribution is 5.48. The first-order chi connectivity index (χ1) is 8.70. The summed E-state index contributed by atoms with van der Waals surface area (Å²) in [7, 11) is 0. The minimum absolute atomic E-state index is 0.300. The average Bonchev–Trinajstić information content (AvgIpc) is 2.90. The van der Waals surface area contributed by atoms with E-state index in [9.17, 15) is 9.50 Å². The predicted octanol–water partition coefficient (Wildman–Crippen LogP) is 2.66. The van der Waals surface area contributed by atoms with E-state index in [1.165, 1.54) is 25.0 Å². The van der Waals surface area contributed by atoms with Crippen molar-refractivity contribution in [1.82, 2.24) is 0 Å². The molecule has 0 aliphatic heterocycles. The number of aliphatic hydroxyl groups is 1. The van der Waals surface area contributed by atoms with Crippen LogP contribution in [0, 0.1) is 23.1 Å². The Labute approximate surface area is 106 Å². The summed E-state index contributed by atoms with van der Waals surface area (Å²) in [6, 6.07) is 6.19. The number of hydrogen-bond acceptors (Lipinski definition) is 3. The summed E-state index contributed by atoms with van der Waals surface area (Å²) < 4.78 is 13.6. The molecule has 0 aromatic heterocycles. The first kappa shape index (κ1) is 12.8. The minimum Gasteiger partial charge on any atom is -0.391 e. The van der Waals surface area contributed by atoms with E-state index >= 15 is 0 Å². The smallest absolute Gasteiger partial charge is 0.147 e. The van der Waals surface area contributed by atoms with Gasteiger partial charge in [-0.05, 0) is 37.0 Å². The molecule has 0 heterocycles. The molecule has 1 atom stereocenters. The van der Waals surface area contributed by atoms with Gasteiger partial charge < -0.3 is 10.4 Å². The van der Waals surface area contributed by atoms with E-state index in [4.69, 9.17) is 5.26 Å². The molecule has 96 valence electrons. The maximum absolute atomic E-state index is 13.6. The van der Waals surface area contributed by atoms with E-state index in [1.807, 2.05) is 6.07 Å². The van der Waals surface area contributed by atoms with Crippen LogP contribution < -0.4 is 5.32 Å². The maximum Gasteiger partial charge on any atom is 0.147 e. The van der Waals surface area contributed by atoms with Gasteiger partial charge in [0.15, 0.2) is 0 Å². The van der Waals surface area contributed by atoms with Gasteiger partial charge in [-0.1, -0.05) is 12.8 Å². The zero-order chi connectivity index (χ0) is 13.0. The molecule has 1 fully saturated rings. The van der Waals surface area contributed by atoms with Crippen molar-refractivity contribution < 1.29 is 9.50 Å². The predicted molar refractivity (Wildman–Crippen MR) is 67.6 cm³/mol. The van der Waals surface area contributed by atoms with Crippen molar-refractivity contribution in [1.29, 1.82) is 5.26 Å². The van der Waals surface area contributed by atoms with Crippen molar-refractivity contribution in [3.05, 3.63) is 29.6 Å². The number of halogens is 1.